The van der Waals surface area contributed by atoms with Gasteiger partial charge in [0.2, 0.25) is 0 Å². The average Bonchev–Trinajstić information content (AvgIpc) is 2.83. The molecular weight excluding hydrogens is 488 g/mol. The highest BCUT2D eigenvalue weighted by molar-refractivity contribution is 9.09. The zero-order valence-electron chi connectivity index (χ0n) is 20.4. The monoisotopic (exact) mass is 522 g/mol. The van der Waals surface area contributed by atoms with Crippen molar-refractivity contribution in [2.45, 2.75) is 69.9 Å². The normalized spacial score (nSPS) is 27.1. The predicted molar refractivity (Wildman–Crippen MR) is 142 cm³/mol. The van der Waals surface area contributed by atoms with Crippen LogP contribution in [0.3, 0.4) is 0 Å². The number of rotatable bonds is 5. The molecule has 3 nitrogen and oxygen atoms in total. The highest BCUT2D eigenvalue weighted by atomic mass is 79.9. The molecule has 0 spiro atoms. The van der Waals surface area contributed by atoms with Gasteiger partial charge in [0, 0.05) is 0 Å². The summed E-state index contributed by atoms with van der Waals surface area (Å²) in [5, 5.41) is 4.92. The third kappa shape index (κ3) is 4.77. The molecule has 0 saturated heterocycles. The fraction of sp³-hybridized carbons (Fsp3) is 0.500. The number of fused-ring (bicyclic) bond motifs is 4. The van der Waals surface area contributed by atoms with E-state index in [-0.39, 0.29) is 29.6 Å². The average molecular weight is 524 g/mol. The largest absolute Gasteiger partial charge is 0.455 e. The molecule has 0 unspecified atom stereocenters. The lowest BCUT2D eigenvalue weighted by molar-refractivity contribution is -0.160. The highest BCUT2D eigenvalue weighted by Gasteiger charge is 2.34. The van der Waals surface area contributed by atoms with Gasteiger partial charge < -0.3 is 9.47 Å². The first-order valence-corrected chi connectivity index (χ1v) is 13.7. The van der Waals surface area contributed by atoms with Crippen LogP contribution in [0.5, 0.6) is 0 Å². The summed E-state index contributed by atoms with van der Waals surface area (Å²) in [7, 11) is 0. The Bertz CT molecular complexity index is 1190. The van der Waals surface area contributed by atoms with E-state index in [1.54, 1.807) is 0 Å². The van der Waals surface area contributed by atoms with Gasteiger partial charge in [0.1, 0.15) is 12.7 Å². The Labute approximate surface area is 211 Å². The molecule has 180 valence electrons. The van der Waals surface area contributed by atoms with Crippen LogP contribution in [0.15, 0.2) is 48.5 Å². The summed E-state index contributed by atoms with van der Waals surface area (Å²) in [5.74, 6) is 1.47. The molecular formula is C30H35BrO3. The van der Waals surface area contributed by atoms with Gasteiger partial charge in [-0.3, -0.25) is 0 Å². The zero-order valence-corrected chi connectivity index (χ0v) is 22.0. The number of ether oxygens (including phenoxy) is 2. The molecule has 5 rings (SSSR count). The van der Waals surface area contributed by atoms with Gasteiger partial charge in [-0.25, -0.2) is 4.79 Å². The molecule has 34 heavy (non-hydrogen) atoms. The van der Waals surface area contributed by atoms with Crippen molar-refractivity contribution in [2.75, 3.05) is 6.61 Å². The second-order valence-corrected chi connectivity index (χ2v) is 11.9. The predicted octanol–water partition coefficient (Wildman–Crippen LogP) is 7.76. The summed E-state index contributed by atoms with van der Waals surface area (Å²) in [4.78, 5) is 13.1. The van der Waals surface area contributed by atoms with E-state index in [0.717, 1.165) is 24.8 Å². The minimum absolute atomic E-state index is 0.0304. The first-order valence-electron chi connectivity index (χ1n) is 12.8. The van der Waals surface area contributed by atoms with Crippen molar-refractivity contribution in [2.24, 2.45) is 17.8 Å². The molecule has 4 heteroatoms. The maximum absolute atomic E-state index is 13.0. The molecule has 0 radical (unpaired) electrons. The number of alkyl halides is 1. The van der Waals surface area contributed by atoms with Crippen molar-refractivity contribution in [3.8, 4) is 0 Å². The van der Waals surface area contributed by atoms with Crippen molar-refractivity contribution in [1.29, 1.82) is 0 Å². The lowest BCUT2D eigenvalue weighted by Gasteiger charge is -2.37. The van der Waals surface area contributed by atoms with Gasteiger partial charge in [0.25, 0.3) is 0 Å². The molecule has 2 aliphatic carbocycles. The molecule has 2 aliphatic rings. The smallest absolute Gasteiger partial charge is 0.332 e. The van der Waals surface area contributed by atoms with E-state index in [9.17, 15) is 4.79 Å². The maximum atomic E-state index is 13.0. The lowest BCUT2D eigenvalue weighted by Crippen LogP contribution is -2.36. The van der Waals surface area contributed by atoms with Gasteiger partial charge in [0.15, 0.2) is 0 Å². The molecule has 5 atom stereocenters. The number of hydrogen-bond donors (Lipinski definition) is 0. The first kappa shape index (κ1) is 23.8. The molecule has 3 aromatic carbocycles. The van der Waals surface area contributed by atoms with Crippen LogP contribution in [0.25, 0.3) is 21.5 Å². The van der Waals surface area contributed by atoms with Gasteiger partial charge in [-0.2, -0.15) is 0 Å². The maximum Gasteiger partial charge on any atom is 0.332 e. The van der Waals surface area contributed by atoms with Crippen LogP contribution < -0.4 is 0 Å². The van der Waals surface area contributed by atoms with Crippen LogP contribution in [0.4, 0.5) is 0 Å². The van der Waals surface area contributed by atoms with Gasteiger partial charge in [-0.15, -0.1) is 0 Å². The third-order valence-electron chi connectivity index (χ3n) is 7.96. The van der Waals surface area contributed by atoms with Crippen LogP contribution in [0, 0.1) is 17.8 Å². The molecule has 0 aliphatic heterocycles. The van der Waals surface area contributed by atoms with Crippen molar-refractivity contribution in [3.63, 3.8) is 0 Å². The first-order chi connectivity index (χ1) is 16.4. The Morgan fingerprint density at radius 1 is 1.03 bits per heavy atom. The Kier molecular flexibility index (Phi) is 7.00. The minimum Gasteiger partial charge on any atom is -0.455 e. The second-order valence-electron chi connectivity index (χ2n) is 10.7. The number of carbonyl (C=O) groups excluding carboxylic acids is 1. The fourth-order valence-electron chi connectivity index (χ4n) is 6.03. The van der Waals surface area contributed by atoms with E-state index >= 15 is 0 Å². The summed E-state index contributed by atoms with van der Waals surface area (Å²) < 4.78 is 12.3. The summed E-state index contributed by atoms with van der Waals surface area (Å²) in [5.41, 5.74) is 2.40. The molecule has 0 heterocycles. The van der Waals surface area contributed by atoms with Crippen LogP contribution in [-0.2, 0) is 20.7 Å². The van der Waals surface area contributed by atoms with Crippen molar-refractivity contribution in [1.82, 2.24) is 0 Å². The van der Waals surface area contributed by atoms with Gasteiger partial charge >= 0.3 is 5.97 Å². The van der Waals surface area contributed by atoms with Gasteiger partial charge in [-0.1, -0.05) is 85.6 Å². The van der Waals surface area contributed by atoms with Crippen molar-refractivity contribution in [3.05, 3.63) is 59.7 Å². The molecule has 1 fully saturated rings. The summed E-state index contributed by atoms with van der Waals surface area (Å²) in [6.07, 6.45) is 5.23. The Hall–Kier alpha value is -1.91. The van der Waals surface area contributed by atoms with Crippen molar-refractivity contribution < 1.29 is 14.3 Å². The molecule has 0 N–H and O–H groups in total. The Morgan fingerprint density at radius 2 is 1.82 bits per heavy atom. The van der Waals surface area contributed by atoms with E-state index in [1.165, 1.54) is 39.9 Å². The third-order valence-corrected chi connectivity index (χ3v) is 8.90. The Balaban J connectivity index is 1.36. The van der Waals surface area contributed by atoms with E-state index < -0.39 is 0 Å². The molecule has 0 amide bonds. The summed E-state index contributed by atoms with van der Waals surface area (Å²) in [6, 6.07) is 17.4. The molecule has 0 aromatic heterocycles. The van der Waals surface area contributed by atoms with Gasteiger partial charge in [0.05, 0.1) is 10.9 Å². The molecule has 0 bridgehead atoms. The molecule has 3 aromatic rings. The van der Waals surface area contributed by atoms with Crippen LogP contribution in [0.1, 0.15) is 63.7 Å². The number of aryl methyl sites for hydroxylation is 1. The van der Waals surface area contributed by atoms with Crippen LogP contribution in [-0.4, -0.2) is 23.5 Å². The SMILES string of the molecule is CC(C)[C@@H]1CC[C@@H](C)C[C@H]1OCC(=O)O[C@@H]1c2cc3c(ccc4ccccc43)cc2CC[C@H]1Br. The number of hydrogen-bond acceptors (Lipinski definition) is 3. The molecule has 1 saturated carbocycles. The van der Waals surface area contributed by atoms with Crippen molar-refractivity contribution >= 4 is 43.4 Å². The van der Waals surface area contributed by atoms with E-state index in [1.807, 2.05) is 0 Å². The van der Waals surface area contributed by atoms with E-state index in [4.69, 9.17) is 9.47 Å². The summed E-state index contributed by atoms with van der Waals surface area (Å²) >= 11 is 3.81. The number of carbonyl (C=O) groups is 1. The van der Waals surface area contributed by atoms with Crippen LogP contribution in [0.2, 0.25) is 0 Å². The number of halogens is 1. The zero-order chi connectivity index (χ0) is 23.8. The fourth-order valence-corrected chi connectivity index (χ4v) is 6.66. The van der Waals surface area contributed by atoms with Gasteiger partial charge in [-0.05, 0) is 82.2 Å². The number of esters is 1. The van der Waals surface area contributed by atoms with E-state index in [0.29, 0.717) is 17.8 Å². The quantitative estimate of drug-likeness (QED) is 0.195. The number of benzene rings is 3. The lowest BCUT2D eigenvalue weighted by atomic mass is 9.75. The highest BCUT2D eigenvalue weighted by Crippen LogP contribution is 2.41. The Morgan fingerprint density at radius 3 is 2.65 bits per heavy atom. The van der Waals surface area contributed by atoms with E-state index in [2.05, 4.69) is 85.2 Å². The minimum atomic E-state index is -0.297. The standard InChI is InChI=1S/C30H35BrO3/c1-18(2)23-12-8-19(3)14-28(23)33-17-29(32)34-30-26-16-25-21(15-22(26)11-13-27(30)31)10-9-20-6-4-5-7-24(20)25/h4-7,9-10,15-16,18-19,23,27-28,30H,8,11-14,17H2,1-3H3/t19-,23+,27-,28-,30-/m1/s1. The topological polar surface area (TPSA) is 35.5 Å². The summed E-state index contributed by atoms with van der Waals surface area (Å²) in [6.45, 7) is 6.84. The van der Waals surface area contributed by atoms with Crippen LogP contribution >= 0.6 is 15.9 Å². The second kappa shape index (κ2) is 9.99.